The van der Waals surface area contributed by atoms with E-state index in [0.717, 1.165) is 29.5 Å². The predicted octanol–water partition coefficient (Wildman–Crippen LogP) is 4.84. The second-order valence-corrected chi connectivity index (χ2v) is 7.87. The molecule has 4 heteroatoms. The molecule has 112 valence electrons. The summed E-state index contributed by atoms with van der Waals surface area (Å²) >= 11 is 7.63. The average molecular weight is 322 g/mol. The molecule has 2 nitrogen and oxygen atoms in total. The van der Waals surface area contributed by atoms with Crippen LogP contribution in [0, 0.1) is 0 Å². The minimum Gasteiger partial charge on any atom is -0.487 e. The van der Waals surface area contributed by atoms with E-state index in [1.54, 1.807) is 11.3 Å². The molecule has 2 heterocycles. The van der Waals surface area contributed by atoms with Crippen LogP contribution in [-0.2, 0) is 6.42 Å². The quantitative estimate of drug-likeness (QED) is 0.870. The number of halogens is 1. The Hall–Kier alpha value is -1.03. The smallest absolute Gasteiger partial charge is 0.124 e. The van der Waals surface area contributed by atoms with E-state index in [2.05, 4.69) is 43.4 Å². The van der Waals surface area contributed by atoms with Gasteiger partial charge in [0.15, 0.2) is 0 Å². The largest absolute Gasteiger partial charge is 0.487 e. The maximum atomic E-state index is 6.06. The lowest BCUT2D eigenvalue weighted by Crippen LogP contribution is -2.39. The minimum absolute atomic E-state index is 0.127. The molecule has 1 unspecified atom stereocenters. The first-order valence-corrected chi connectivity index (χ1v) is 8.48. The van der Waals surface area contributed by atoms with Crippen LogP contribution < -0.4 is 10.1 Å². The van der Waals surface area contributed by atoms with Gasteiger partial charge in [-0.05, 0) is 38.5 Å². The van der Waals surface area contributed by atoms with E-state index in [1.165, 1.54) is 10.4 Å². The molecule has 1 aliphatic rings. The van der Waals surface area contributed by atoms with E-state index < -0.39 is 0 Å². The molecule has 21 heavy (non-hydrogen) atoms. The Balaban J connectivity index is 1.67. The van der Waals surface area contributed by atoms with Gasteiger partial charge >= 0.3 is 0 Å². The van der Waals surface area contributed by atoms with Crippen LogP contribution in [0.4, 0.5) is 0 Å². The highest BCUT2D eigenvalue weighted by Gasteiger charge is 2.32. The van der Waals surface area contributed by atoms with Gasteiger partial charge in [0.2, 0.25) is 0 Å². The number of rotatable bonds is 4. The fourth-order valence-corrected chi connectivity index (χ4v) is 3.93. The molecule has 0 saturated carbocycles. The summed E-state index contributed by atoms with van der Waals surface area (Å²) < 4.78 is 6.93. The molecule has 0 spiro atoms. The van der Waals surface area contributed by atoms with E-state index >= 15 is 0 Å². The van der Waals surface area contributed by atoms with Crippen LogP contribution in [0.2, 0.25) is 4.34 Å². The molecule has 2 aromatic rings. The van der Waals surface area contributed by atoms with Crippen molar-refractivity contribution in [3.63, 3.8) is 0 Å². The van der Waals surface area contributed by atoms with Gasteiger partial charge < -0.3 is 10.1 Å². The van der Waals surface area contributed by atoms with Crippen LogP contribution in [0.15, 0.2) is 36.4 Å². The Kier molecular flexibility index (Phi) is 4.25. The van der Waals surface area contributed by atoms with Gasteiger partial charge in [0.05, 0.1) is 4.34 Å². The van der Waals surface area contributed by atoms with Gasteiger partial charge in [0, 0.05) is 29.4 Å². The molecule has 3 rings (SSSR count). The molecule has 0 aliphatic carbocycles. The van der Waals surface area contributed by atoms with Gasteiger partial charge in [-0.2, -0.15) is 0 Å². The zero-order valence-electron chi connectivity index (χ0n) is 12.4. The van der Waals surface area contributed by atoms with E-state index in [4.69, 9.17) is 16.3 Å². The van der Waals surface area contributed by atoms with Crippen molar-refractivity contribution in [3.8, 4) is 5.75 Å². The van der Waals surface area contributed by atoms with Gasteiger partial charge in [-0.25, -0.2) is 0 Å². The molecule has 0 amide bonds. The normalized spacial score (nSPS) is 19.9. The molecule has 0 bridgehead atoms. The summed E-state index contributed by atoms with van der Waals surface area (Å²) in [6.45, 7) is 5.25. The average Bonchev–Trinajstić information content (AvgIpc) is 2.83. The number of benzene rings is 1. The molecular weight excluding hydrogens is 302 g/mol. The molecular formula is C17H20ClNOS. The van der Waals surface area contributed by atoms with Gasteiger partial charge in [-0.3, -0.25) is 0 Å². The summed E-state index contributed by atoms with van der Waals surface area (Å²) in [5.74, 6) is 1.01. The fraction of sp³-hybridized carbons (Fsp3) is 0.412. The Labute approximate surface area is 135 Å². The number of para-hydroxylation sites is 1. The third kappa shape index (κ3) is 3.60. The van der Waals surface area contributed by atoms with Crippen LogP contribution >= 0.6 is 22.9 Å². The van der Waals surface area contributed by atoms with Crippen LogP contribution in [0.1, 0.15) is 36.8 Å². The standard InChI is InChI=1S/C17H20ClNOS/c1-17(2)11-14(13-5-3-4-6-15(13)20-17)19-10-9-12-7-8-16(18)21-12/h3-8,14,19H,9-11H2,1-2H3. The third-order valence-electron chi connectivity index (χ3n) is 3.77. The van der Waals surface area contributed by atoms with E-state index in [1.807, 2.05) is 12.1 Å². The molecule has 1 aromatic heterocycles. The second kappa shape index (κ2) is 5.99. The molecule has 1 aromatic carbocycles. The maximum Gasteiger partial charge on any atom is 0.124 e. The highest BCUT2D eigenvalue weighted by Crippen LogP contribution is 2.39. The minimum atomic E-state index is -0.127. The maximum absolute atomic E-state index is 6.06. The zero-order chi connectivity index (χ0) is 14.9. The number of thiophene rings is 1. The van der Waals surface area contributed by atoms with Crippen molar-refractivity contribution in [3.05, 3.63) is 51.2 Å². The number of hydrogen-bond acceptors (Lipinski definition) is 3. The van der Waals surface area contributed by atoms with Gasteiger partial charge in [0.25, 0.3) is 0 Å². The first-order chi connectivity index (χ1) is 10.0. The van der Waals surface area contributed by atoms with E-state index in [9.17, 15) is 0 Å². The van der Waals surface area contributed by atoms with Gasteiger partial charge in [-0.15, -0.1) is 11.3 Å². The number of nitrogens with one attached hydrogen (secondary N) is 1. The number of hydrogen-bond donors (Lipinski definition) is 1. The molecule has 0 radical (unpaired) electrons. The molecule has 0 saturated heterocycles. The van der Waals surface area contributed by atoms with Crippen molar-refractivity contribution in [2.24, 2.45) is 0 Å². The summed E-state index contributed by atoms with van der Waals surface area (Å²) in [6, 6.07) is 12.7. The van der Waals surface area contributed by atoms with Crippen molar-refractivity contribution < 1.29 is 4.74 Å². The van der Waals surface area contributed by atoms with Crippen LogP contribution in [0.5, 0.6) is 5.75 Å². The monoisotopic (exact) mass is 321 g/mol. The van der Waals surface area contributed by atoms with Crippen molar-refractivity contribution in [1.82, 2.24) is 5.32 Å². The fourth-order valence-electron chi connectivity index (χ4n) is 2.84. The molecule has 0 fully saturated rings. The lowest BCUT2D eigenvalue weighted by Gasteiger charge is -2.38. The van der Waals surface area contributed by atoms with Crippen molar-refractivity contribution in [1.29, 1.82) is 0 Å². The summed E-state index contributed by atoms with van der Waals surface area (Å²) in [7, 11) is 0. The van der Waals surface area contributed by atoms with E-state index in [-0.39, 0.29) is 5.60 Å². The first-order valence-electron chi connectivity index (χ1n) is 7.29. The molecule has 1 atom stereocenters. The highest BCUT2D eigenvalue weighted by atomic mass is 35.5. The SMILES string of the molecule is CC1(C)CC(NCCc2ccc(Cl)s2)c2ccccc2O1. The highest BCUT2D eigenvalue weighted by molar-refractivity contribution is 7.16. The predicted molar refractivity (Wildman–Crippen MR) is 89.5 cm³/mol. The lowest BCUT2D eigenvalue weighted by molar-refractivity contribution is 0.0662. The van der Waals surface area contributed by atoms with Crippen molar-refractivity contribution in [2.75, 3.05) is 6.54 Å². The van der Waals surface area contributed by atoms with Crippen molar-refractivity contribution in [2.45, 2.75) is 38.3 Å². The van der Waals surface area contributed by atoms with Gasteiger partial charge in [-0.1, -0.05) is 29.8 Å². The number of fused-ring (bicyclic) bond motifs is 1. The Bertz CT molecular complexity index is 623. The summed E-state index contributed by atoms with van der Waals surface area (Å²) in [5, 5.41) is 3.67. The lowest BCUT2D eigenvalue weighted by atomic mass is 9.89. The Morgan fingerprint density at radius 1 is 1.29 bits per heavy atom. The number of ether oxygens (including phenoxy) is 1. The second-order valence-electron chi connectivity index (χ2n) is 6.07. The van der Waals surface area contributed by atoms with E-state index in [0.29, 0.717) is 6.04 Å². The third-order valence-corrected chi connectivity index (χ3v) is 5.06. The Morgan fingerprint density at radius 2 is 2.10 bits per heavy atom. The topological polar surface area (TPSA) is 21.3 Å². The first kappa shape index (κ1) is 14.9. The van der Waals surface area contributed by atoms with Gasteiger partial charge in [0.1, 0.15) is 11.4 Å². The van der Waals surface area contributed by atoms with Crippen LogP contribution in [0.3, 0.4) is 0 Å². The van der Waals surface area contributed by atoms with Crippen molar-refractivity contribution >= 4 is 22.9 Å². The summed E-state index contributed by atoms with van der Waals surface area (Å²) in [6.07, 6.45) is 1.99. The van der Waals surface area contributed by atoms with Crippen LogP contribution in [-0.4, -0.2) is 12.1 Å². The van der Waals surface area contributed by atoms with Crippen LogP contribution in [0.25, 0.3) is 0 Å². The zero-order valence-corrected chi connectivity index (χ0v) is 13.9. The summed E-state index contributed by atoms with van der Waals surface area (Å²) in [4.78, 5) is 1.33. The Morgan fingerprint density at radius 3 is 2.86 bits per heavy atom. The molecule has 1 N–H and O–H groups in total. The summed E-state index contributed by atoms with van der Waals surface area (Å²) in [5.41, 5.74) is 1.14. The molecule has 1 aliphatic heterocycles.